The van der Waals surface area contributed by atoms with Gasteiger partial charge in [-0.1, -0.05) is 25.1 Å². The third-order valence-corrected chi connectivity index (χ3v) is 6.24. The first-order valence-corrected chi connectivity index (χ1v) is 10.6. The molecule has 162 valence electrons. The number of nitrogens with zero attached hydrogens (tertiary/aromatic N) is 3. The summed E-state index contributed by atoms with van der Waals surface area (Å²) in [7, 11) is 0. The SMILES string of the molecule is CCCN1CCc2c(C(=O)N3CCC(c4ccccc4C(F)(F)F)CC3)n[nH]c2C1. The number of alkyl halides is 3. The van der Waals surface area contributed by atoms with Gasteiger partial charge in [0.25, 0.3) is 5.91 Å². The van der Waals surface area contributed by atoms with E-state index in [0.717, 1.165) is 49.8 Å². The number of hydrogen-bond acceptors (Lipinski definition) is 3. The van der Waals surface area contributed by atoms with E-state index in [0.29, 0.717) is 37.2 Å². The van der Waals surface area contributed by atoms with Gasteiger partial charge in [-0.2, -0.15) is 18.3 Å². The number of hydrogen-bond donors (Lipinski definition) is 1. The average molecular weight is 420 g/mol. The first-order chi connectivity index (χ1) is 14.4. The summed E-state index contributed by atoms with van der Waals surface area (Å²) in [4.78, 5) is 17.1. The van der Waals surface area contributed by atoms with E-state index in [2.05, 4.69) is 22.0 Å². The number of piperidine rings is 1. The van der Waals surface area contributed by atoms with Crippen molar-refractivity contribution in [2.24, 2.45) is 0 Å². The zero-order valence-electron chi connectivity index (χ0n) is 17.1. The highest BCUT2D eigenvalue weighted by atomic mass is 19.4. The molecule has 1 saturated heterocycles. The van der Waals surface area contributed by atoms with Crippen molar-refractivity contribution in [2.75, 3.05) is 26.2 Å². The second-order valence-corrected chi connectivity index (χ2v) is 8.21. The molecule has 0 radical (unpaired) electrons. The molecule has 8 heteroatoms. The zero-order chi connectivity index (χ0) is 21.3. The van der Waals surface area contributed by atoms with Crippen molar-refractivity contribution in [3.8, 4) is 0 Å². The van der Waals surface area contributed by atoms with Crippen LogP contribution in [0.2, 0.25) is 0 Å². The molecule has 1 amide bonds. The van der Waals surface area contributed by atoms with Gasteiger partial charge in [0, 0.05) is 31.7 Å². The Morgan fingerprint density at radius 1 is 1.20 bits per heavy atom. The summed E-state index contributed by atoms with van der Waals surface area (Å²) in [6, 6.07) is 5.79. The van der Waals surface area contributed by atoms with Crippen molar-refractivity contribution < 1.29 is 18.0 Å². The third kappa shape index (κ3) is 4.10. The zero-order valence-corrected chi connectivity index (χ0v) is 17.1. The van der Waals surface area contributed by atoms with Crippen LogP contribution in [0.4, 0.5) is 13.2 Å². The number of carbonyl (C=O) groups excluding carboxylic acids is 1. The fourth-order valence-corrected chi connectivity index (χ4v) is 4.71. The van der Waals surface area contributed by atoms with Gasteiger partial charge in [-0.25, -0.2) is 0 Å². The molecule has 3 heterocycles. The number of carbonyl (C=O) groups is 1. The summed E-state index contributed by atoms with van der Waals surface area (Å²) in [6.07, 6.45) is -1.43. The Morgan fingerprint density at radius 2 is 1.93 bits per heavy atom. The highest BCUT2D eigenvalue weighted by molar-refractivity contribution is 5.94. The third-order valence-electron chi connectivity index (χ3n) is 6.24. The van der Waals surface area contributed by atoms with Crippen molar-refractivity contribution in [1.29, 1.82) is 0 Å². The maximum atomic E-state index is 13.4. The first kappa shape index (κ1) is 20.9. The molecule has 1 aromatic carbocycles. The van der Waals surface area contributed by atoms with E-state index >= 15 is 0 Å². The number of benzene rings is 1. The Labute approximate surface area is 174 Å². The molecule has 1 N–H and O–H groups in total. The molecule has 0 unspecified atom stereocenters. The number of likely N-dealkylation sites (tertiary alicyclic amines) is 1. The summed E-state index contributed by atoms with van der Waals surface area (Å²) in [5, 5.41) is 7.33. The highest BCUT2D eigenvalue weighted by Gasteiger charge is 2.36. The molecule has 0 bridgehead atoms. The minimum Gasteiger partial charge on any atom is -0.337 e. The number of rotatable bonds is 4. The van der Waals surface area contributed by atoms with Crippen LogP contribution in [0.1, 0.15) is 65.0 Å². The van der Waals surface area contributed by atoms with Crippen LogP contribution in [0.3, 0.4) is 0 Å². The molecule has 30 heavy (non-hydrogen) atoms. The number of halogens is 3. The Hall–Kier alpha value is -2.35. The summed E-state index contributed by atoms with van der Waals surface area (Å²) in [6.45, 7) is 5.75. The van der Waals surface area contributed by atoms with Gasteiger partial charge in [-0.05, 0) is 49.8 Å². The molecule has 5 nitrogen and oxygen atoms in total. The van der Waals surface area contributed by atoms with E-state index in [1.54, 1.807) is 17.0 Å². The van der Waals surface area contributed by atoms with Crippen LogP contribution in [0.15, 0.2) is 24.3 Å². The van der Waals surface area contributed by atoms with Gasteiger partial charge in [0.2, 0.25) is 0 Å². The molecule has 1 fully saturated rings. The minimum absolute atomic E-state index is 0.112. The molecule has 0 spiro atoms. The number of nitrogens with one attached hydrogen (secondary N) is 1. The summed E-state index contributed by atoms with van der Waals surface area (Å²) < 4.78 is 40.1. The topological polar surface area (TPSA) is 52.2 Å². The predicted octanol–water partition coefficient (Wildman–Crippen LogP) is 4.22. The Bertz CT molecular complexity index is 900. The summed E-state index contributed by atoms with van der Waals surface area (Å²) in [5.74, 6) is -0.304. The summed E-state index contributed by atoms with van der Waals surface area (Å²) >= 11 is 0. The average Bonchev–Trinajstić information content (AvgIpc) is 3.16. The van der Waals surface area contributed by atoms with Gasteiger partial charge < -0.3 is 4.90 Å². The molecule has 1 aromatic heterocycles. The van der Waals surface area contributed by atoms with Crippen molar-refractivity contribution in [3.63, 3.8) is 0 Å². The lowest BCUT2D eigenvalue weighted by molar-refractivity contribution is -0.138. The van der Waals surface area contributed by atoms with E-state index in [4.69, 9.17) is 0 Å². The smallest absolute Gasteiger partial charge is 0.337 e. The van der Waals surface area contributed by atoms with Crippen molar-refractivity contribution in [3.05, 3.63) is 52.3 Å². The van der Waals surface area contributed by atoms with E-state index in [1.165, 1.54) is 6.07 Å². The van der Waals surface area contributed by atoms with Crippen molar-refractivity contribution >= 4 is 5.91 Å². The molecule has 2 aliphatic rings. The van der Waals surface area contributed by atoms with E-state index in [-0.39, 0.29) is 11.8 Å². The molecule has 4 rings (SSSR count). The van der Waals surface area contributed by atoms with Crippen LogP contribution < -0.4 is 0 Å². The quantitative estimate of drug-likeness (QED) is 0.806. The van der Waals surface area contributed by atoms with E-state index in [9.17, 15) is 18.0 Å². The van der Waals surface area contributed by atoms with Gasteiger partial charge in [0.15, 0.2) is 5.69 Å². The number of fused-ring (bicyclic) bond motifs is 1. The number of H-pyrrole nitrogens is 1. The molecule has 2 aromatic rings. The van der Waals surface area contributed by atoms with Gasteiger partial charge in [0.05, 0.1) is 11.3 Å². The van der Waals surface area contributed by atoms with Gasteiger partial charge >= 0.3 is 6.18 Å². The number of aromatic nitrogens is 2. The standard InChI is InChI=1S/C22H27F3N4O/c1-2-10-28-11-9-17-19(14-28)26-27-20(17)21(30)29-12-7-15(8-13-29)16-5-3-4-6-18(16)22(23,24)25/h3-6,15H,2,7-14H2,1H3,(H,26,27). The van der Waals surface area contributed by atoms with Crippen molar-refractivity contribution in [2.45, 2.75) is 51.2 Å². The highest BCUT2D eigenvalue weighted by Crippen LogP contribution is 2.38. The fourth-order valence-electron chi connectivity index (χ4n) is 4.71. The van der Waals surface area contributed by atoms with Gasteiger partial charge in [0.1, 0.15) is 0 Å². The number of aromatic amines is 1. The van der Waals surface area contributed by atoms with Gasteiger partial charge in [-0.15, -0.1) is 0 Å². The molecule has 0 aliphatic carbocycles. The van der Waals surface area contributed by atoms with E-state index < -0.39 is 11.7 Å². The molecule has 2 aliphatic heterocycles. The normalized spacial score (nSPS) is 18.5. The monoisotopic (exact) mass is 420 g/mol. The van der Waals surface area contributed by atoms with Crippen LogP contribution in [0.25, 0.3) is 0 Å². The van der Waals surface area contributed by atoms with Crippen LogP contribution in [-0.4, -0.2) is 52.1 Å². The minimum atomic E-state index is -4.36. The number of amides is 1. The Kier molecular flexibility index (Phi) is 5.86. The molecular formula is C22H27F3N4O. The van der Waals surface area contributed by atoms with Crippen LogP contribution in [0.5, 0.6) is 0 Å². The maximum absolute atomic E-state index is 13.4. The van der Waals surface area contributed by atoms with E-state index in [1.807, 2.05) is 0 Å². The molecule has 0 atom stereocenters. The summed E-state index contributed by atoms with van der Waals surface area (Å²) in [5.41, 5.74) is 2.26. The van der Waals surface area contributed by atoms with Gasteiger partial charge in [-0.3, -0.25) is 14.8 Å². The first-order valence-electron chi connectivity index (χ1n) is 10.6. The van der Waals surface area contributed by atoms with Crippen LogP contribution in [-0.2, 0) is 19.1 Å². The fraction of sp³-hybridized carbons (Fsp3) is 0.545. The largest absolute Gasteiger partial charge is 0.416 e. The second kappa shape index (κ2) is 8.41. The second-order valence-electron chi connectivity index (χ2n) is 8.21. The van der Waals surface area contributed by atoms with Crippen LogP contribution in [0, 0.1) is 0 Å². The maximum Gasteiger partial charge on any atom is 0.416 e. The van der Waals surface area contributed by atoms with Crippen LogP contribution >= 0.6 is 0 Å². The lowest BCUT2D eigenvalue weighted by Crippen LogP contribution is -2.39. The lowest BCUT2D eigenvalue weighted by Gasteiger charge is -2.33. The molecular weight excluding hydrogens is 393 g/mol. The molecule has 0 saturated carbocycles. The Morgan fingerprint density at radius 3 is 2.63 bits per heavy atom. The Balaban J connectivity index is 1.43. The van der Waals surface area contributed by atoms with Crippen molar-refractivity contribution in [1.82, 2.24) is 20.0 Å². The predicted molar refractivity (Wildman–Crippen MR) is 107 cm³/mol. The lowest BCUT2D eigenvalue weighted by atomic mass is 9.86.